The van der Waals surface area contributed by atoms with Crippen molar-refractivity contribution in [3.63, 3.8) is 0 Å². The van der Waals surface area contributed by atoms with Gasteiger partial charge in [-0.25, -0.2) is 9.59 Å². The van der Waals surface area contributed by atoms with E-state index in [-0.39, 0.29) is 13.2 Å². The number of benzene rings is 7. The summed E-state index contributed by atoms with van der Waals surface area (Å²) in [5.41, 5.74) is 21.6. The smallest absolute Gasteiger partial charge is 0.333 e. The predicted molar refractivity (Wildman–Crippen MR) is 307 cm³/mol. The number of hydrogen-bond acceptors (Lipinski definition) is 7. The number of carbonyl (C=O) groups is 2. The van der Waals surface area contributed by atoms with E-state index in [0.29, 0.717) is 24.2 Å². The first-order chi connectivity index (χ1) is 35.1. The highest BCUT2D eigenvalue weighted by Gasteiger charge is 2.28. The second kappa shape index (κ2) is 23.8. The minimum absolute atomic E-state index is 0.209. The molecule has 1 N–H and O–H groups in total. The maximum absolute atomic E-state index is 12.6. The van der Waals surface area contributed by atoms with Crippen LogP contribution in [0.15, 0.2) is 146 Å². The minimum atomic E-state index is -0.390. The Labute approximate surface area is 435 Å². The van der Waals surface area contributed by atoms with Crippen LogP contribution in [0.1, 0.15) is 108 Å². The van der Waals surface area contributed by atoms with Crippen molar-refractivity contribution in [2.24, 2.45) is 0 Å². The zero-order chi connectivity index (χ0) is 52.5. The van der Waals surface area contributed by atoms with E-state index in [2.05, 4.69) is 212 Å². The Hall–Kier alpha value is -7.51. The Bertz CT molecular complexity index is 2930. The molecular weight excluding hydrogens is 899 g/mol. The molecule has 7 aromatic carbocycles. The second-order valence-corrected chi connectivity index (χ2v) is 19.5. The van der Waals surface area contributed by atoms with Crippen molar-refractivity contribution in [1.82, 2.24) is 0 Å². The third-order valence-electron chi connectivity index (χ3n) is 13.7. The molecule has 0 saturated carbocycles. The Morgan fingerprint density at radius 1 is 0.521 bits per heavy atom. The monoisotopic (exact) mass is 973 g/mol. The molecule has 0 spiro atoms. The van der Waals surface area contributed by atoms with Gasteiger partial charge >= 0.3 is 11.9 Å². The summed E-state index contributed by atoms with van der Waals surface area (Å²) in [6.45, 7) is 31.9. The van der Waals surface area contributed by atoms with E-state index >= 15 is 0 Å². The number of rotatable bonds is 21. The lowest BCUT2D eigenvalue weighted by Gasteiger charge is -2.30. The maximum Gasteiger partial charge on any atom is 0.333 e. The molecule has 7 aromatic rings. The molecule has 0 heterocycles. The zero-order valence-corrected chi connectivity index (χ0v) is 45.1. The summed E-state index contributed by atoms with van der Waals surface area (Å²) < 4.78 is 11.5. The number of fused-ring (bicyclic) bond motifs is 1. The van der Waals surface area contributed by atoms with Gasteiger partial charge in [0, 0.05) is 39.0 Å². The summed E-state index contributed by atoms with van der Waals surface area (Å²) in [7, 11) is 0. The van der Waals surface area contributed by atoms with Gasteiger partial charge in [-0.05, 0) is 180 Å². The van der Waals surface area contributed by atoms with Gasteiger partial charge in [-0.1, -0.05) is 106 Å². The molecule has 0 aliphatic carbocycles. The Kier molecular flexibility index (Phi) is 17.4. The van der Waals surface area contributed by atoms with Crippen LogP contribution in [0.5, 0.6) is 0 Å². The quantitative estimate of drug-likeness (QED) is 0.0333. The molecule has 0 atom stereocenters. The van der Waals surface area contributed by atoms with E-state index in [1.165, 1.54) is 50.1 Å². The molecule has 0 unspecified atom stereocenters. The Morgan fingerprint density at radius 3 is 1.29 bits per heavy atom. The van der Waals surface area contributed by atoms with Crippen LogP contribution in [-0.4, -0.2) is 38.2 Å². The zero-order valence-electron chi connectivity index (χ0n) is 45.1. The third kappa shape index (κ3) is 12.1. The molecule has 0 amide bonds. The number of hydrogen-bond donors (Lipinski definition) is 1. The first-order valence-corrected chi connectivity index (χ1v) is 26.0. The molecule has 7 nitrogen and oxygen atoms in total. The summed E-state index contributed by atoms with van der Waals surface area (Å²) in [6.07, 6.45) is 3.44. The molecule has 0 saturated heterocycles. The second-order valence-electron chi connectivity index (χ2n) is 19.5. The summed E-state index contributed by atoms with van der Waals surface area (Å²) in [5, 5.41) is 6.08. The van der Waals surface area contributed by atoms with Crippen molar-refractivity contribution in [1.29, 1.82) is 0 Å². The van der Waals surface area contributed by atoms with Crippen LogP contribution >= 0.6 is 0 Å². The number of carbonyl (C=O) groups excluding carboxylic acids is 2. The summed E-state index contributed by atoms with van der Waals surface area (Å²) in [6, 6.07) is 44.4. The van der Waals surface area contributed by atoms with Crippen molar-refractivity contribution in [2.45, 2.75) is 102 Å². The molecule has 0 aliphatic heterocycles. The van der Waals surface area contributed by atoms with Crippen molar-refractivity contribution >= 4 is 56.8 Å². The lowest BCUT2D eigenvalue weighted by Crippen LogP contribution is -2.26. The van der Waals surface area contributed by atoms with Crippen molar-refractivity contribution in [2.75, 3.05) is 41.4 Å². The number of aryl methyl sites for hydroxylation is 9. The SMILES string of the molecule is C=C(C)C(=O)OCCN(c1ccc([C+](c2ccc(N(CCOC(=O)C(=C)C)c3c(CC)cc(C)cc3CC)cc2)c2ccc(Nc3c(C)cc(C)cc3C)c3ccccc23)cc1)c1c(CC)cc(C)cc1CC. The minimum Gasteiger partial charge on any atom is -0.460 e. The number of esters is 2. The standard InChI is InChI=1S/C66H74N3O4/c1-14-49-38-45(10)39-50(15-2)63(49)68(32-34-72-65(70)42(5)6)55-26-22-53(23-27-55)61(59-30-31-60(58-21-19-18-20-57(58)59)67-62-47(12)36-44(9)37-48(62)13)54-24-28-56(29-25-54)69(33-35-73-66(71)43(7)8)64-51(16-3)40-46(11)41-52(64)17-4/h18-31,36-41,67H,5,7,14-17,32-35H2,1-4,6,8-13H3/q+1. The Morgan fingerprint density at radius 2 is 0.904 bits per heavy atom. The molecule has 0 fully saturated rings. The summed E-state index contributed by atoms with van der Waals surface area (Å²) in [4.78, 5) is 29.9. The number of nitrogens with one attached hydrogen (secondary N) is 1. The van der Waals surface area contributed by atoms with Gasteiger partial charge in [0.1, 0.15) is 13.2 Å². The van der Waals surface area contributed by atoms with Gasteiger partial charge in [0.15, 0.2) is 0 Å². The molecule has 0 bridgehead atoms. The van der Waals surface area contributed by atoms with Gasteiger partial charge in [0.25, 0.3) is 0 Å². The predicted octanol–water partition coefficient (Wildman–Crippen LogP) is 15.9. The van der Waals surface area contributed by atoms with E-state index in [9.17, 15) is 9.59 Å². The van der Waals surface area contributed by atoms with Gasteiger partial charge < -0.3 is 24.6 Å². The molecule has 0 radical (unpaired) electrons. The van der Waals surface area contributed by atoms with Crippen LogP contribution in [0, 0.1) is 40.5 Å². The van der Waals surface area contributed by atoms with Crippen LogP contribution in [-0.2, 0) is 44.7 Å². The van der Waals surface area contributed by atoms with Gasteiger partial charge in [-0.15, -0.1) is 0 Å². The lowest BCUT2D eigenvalue weighted by molar-refractivity contribution is -0.139. The highest BCUT2D eigenvalue weighted by molar-refractivity contribution is 6.00. The van der Waals surface area contributed by atoms with Crippen LogP contribution in [0.2, 0.25) is 0 Å². The summed E-state index contributed by atoms with van der Waals surface area (Å²) in [5.74, 6) is 0.307. The summed E-state index contributed by atoms with van der Waals surface area (Å²) >= 11 is 0. The molecule has 0 aromatic heterocycles. The van der Waals surface area contributed by atoms with Crippen molar-refractivity contribution < 1.29 is 19.1 Å². The Balaban J connectivity index is 1.39. The highest BCUT2D eigenvalue weighted by atomic mass is 16.5. The maximum atomic E-state index is 12.6. The third-order valence-corrected chi connectivity index (χ3v) is 13.7. The molecule has 7 heteroatoms. The van der Waals surface area contributed by atoms with Gasteiger partial charge in [0.2, 0.25) is 0 Å². The molecular formula is C66H74N3O4+. The first-order valence-electron chi connectivity index (χ1n) is 26.0. The van der Waals surface area contributed by atoms with Crippen LogP contribution < -0.4 is 15.1 Å². The van der Waals surface area contributed by atoms with Crippen LogP contribution in [0.4, 0.5) is 34.1 Å². The fourth-order valence-corrected chi connectivity index (χ4v) is 10.3. The topological polar surface area (TPSA) is 71.1 Å². The number of anilines is 6. The van der Waals surface area contributed by atoms with E-state index in [0.717, 1.165) is 93.2 Å². The van der Waals surface area contributed by atoms with E-state index < -0.39 is 11.9 Å². The number of ether oxygens (including phenoxy) is 2. The molecule has 7 rings (SSSR count). The average molecular weight is 973 g/mol. The molecule has 0 aliphatic rings. The van der Waals surface area contributed by atoms with Gasteiger partial charge in [-0.3, -0.25) is 0 Å². The largest absolute Gasteiger partial charge is 0.460 e. The lowest BCUT2D eigenvalue weighted by atomic mass is 9.82. The highest BCUT2D eigenvalue weighted by Crippen LogP contribution is 2.42. The van der Waals surface area contributed by atoms with Crippen LogP contribution in [0.25, 0.3) is 10.8 Å². The average Bonchev–Trinajstić information content (AvgIpc) is 3.38. The molecule has 376 valence electrons. The van der Waals surface area contributed by atoms with Crippen LogP contribution in [0.3, 0.4) is 0 Å². The molecule has 73 heavy (non-hydrogen) atoms. The fourth-order valence-electron chi connectivity index (χ4n) is 10.3. The first kappa shape index (κ1) is 53.3. The van der Waals surface area contributed by atoms with E-state index in [1.54, 1.807) is 13.8 Å². The van der Waals surface area contributed by atoms with Gasteiger partial charge in [-0.2, -0.15) is 0 Å². The van der Waals surface area contributed by atoms with Crippen molar-refractivity contribution in [3.05, 3.63) is 218 Å². The van der Waals surface area contributed by atoms with E-state index in [1.807, 2.05) is 0 Å². The van der Waals surface area contributed by atoms with Crippen molar-refractivity contribution in [3.8, 4) is 0 Å². The number of nitrogens with zero attached hydrogens (tertiary/aromatic N) is 2. The fraction of sp³-hybridized carbons (Fsp3) is 0.288. The van der Waals surface area contributed by atoms with Gasteiger partial charge in [0.05, 0.1) is 52.8 Å². The normalized spacial score (nSPS) is 11.1. The van der Waals surface area contributed by atoms with E-state index in [4.69, 9.17) is 9.47 Å².